The summed E-state index contributed by atoms with van der Waals surface area (Å²) in [6, 6.07) is 25.6. The van der Waals surface area contributed by atoms with Gasteiger partial charge in [0.2, 0.25) is 0 Å². The second-order valence-corrected chi connectivity index (χ2v) is 6.67. The molecule has 29 heavy (non-hydrogen) atoms. The summed E-state index contributed by atoms with van der Waals surface area (Å²) in [6.45, 7) is 2.02. The molecule has 0 saturated carbocycles. The van der Waals surface area contributed by atoms with Crippen LogP contribution in [0.3, 0.4) is 0 Å². The molecule has 0 N–H and O–H groups in total. The maximum Gasteiger partial charge on any atom is 0.339 e. The van der Waals surface area contributed by atoms with Gasteiger partial charge < -0.3 is 14.4 Å². The Bertz CT molecular complexity index is 957. The summed E-state index contributed by atoms with van der Waals surface area (Å²) < 4.78 is 11.1. The summed E-state index contributed by atoms with van der Waals surface area (Å²) >= 11 is 0. The molecule has 5 heteroatoms. The maximum absolute atomic E-state index is 12.5. The summed E-state index contributed by atoms with van der Waals surface area (Å²) in [4.78, 5) is 26.6. The topological polar surface area (TPSA) is 55.8 Å². The van der Waals surface area contributed by atoms with Gasteiger partial charge in [-0.1, -0.05) is 54.6 Å². The Balaban J connectivity index is 1.60. The zero-order valence-corrected chi connectivity index (χ0v) is 16.4. The van der Waals surface area contributed by atoms with Crippen molar-refractivity contribution in [3.05, 3.63) is 96.1 Å². The monoisotopic (exact) mass is 389 g/mol. The van der Waals surface area contributed by atoms with Crippen molar-refractivity contribution >= 4 is 11.9 Å². The molecule has 1 amide bonds. The number of hydrogen-bond donors (Lipinski definition) is 0. The molecular formula is C24H23NO4. The van der Waals surface area contributed by atoms with E-state index >= 15 is 0 Å². The number of benzene rings is 3. The lowest BCUT2D eigenvalue weighted by Crippen LogP contribution is -2.37. The van der Waals surface area contributed by atoms with Gasteiger partial charge in [0.15, 0.2) is 6.10 Å². The Morgan fingerprint density at radius 2 is 1.48 bits per heavy atom. The van der Waals surface area contributed by atoms with Crippen molar-refractivity contribution in [2.75, 3.05) is 7.05 Å². The van der Waals surface area contributed by atoms with E-state index in [0.29, 0.717) is 23.6 Å². The van der Waals surface area contributed by atoms with E-state index in [4.69, 9.17) is 9.47 Å². The molecule has 0 aliphatic rings. The third kappa shape index (κ3) is 5.69. The minimum atomic E-state index is -0.894. The number of ether oxygens (including phenoxy) is 2. The highest BCUT2D eigenvalue weighted by molar-refractivity contribution is 5.92. The lowest BCUT2D eigenvalue weighted by molar-refractivity contribution is -0.139. The summed E-state index contributed by atoms with van der Waals surface area (Å²) in [6.07, 6.45) is -0.894. The summed E-state index contributed by atoms with van der Waals surface area (Å²) in [5, 5.41) is 0. The molecule has 5 nitrogen and oxygen atoms in total. The third-order valence-electron chi connectivity index (χ3n) is 4.32. The number of rotatable bonds is 7. The van der Waals surface area contributed by atoms with Gasteiger partial charge in [-0.25, -0.2) is 4.79 Å². The fraction of sp³-hybridized carbons (Fsp3) is 0.167. The molecular weight excluding hydrogens is 366 g/mol. The molecule has 0 spiro atoms. The first-order chi connectivity index (χ1) is 14.0. The summed E-state index contributed by atoms with van der Waals surface area (Å²) in [7, 11) is 1.69. The second kappa shape index (κ2) is 9.55. The van der Waals surface area contributed by atoms with Gasteiger partial charge in [-0.15, -0.1) is 0 Å². The Kier molecular flexibility index (Phi) is 6.63. The van der Waals surface area contributed by atoms with E-state index in [-0.39, 0.29) is 5.91 Å². The molecule has 3 aromatic rings. The fourth-order valence-corrected chi connectivity index (χ4v) is 2.84. The van der Waals surface area contributed by atoms with Crippen LogP contribution in [0.4, 0.5) is 0 Å². The van der Waals surface area contributed by atoms with E-state index in [1.54, 1.807) is 43.1 Å². The third-order valence-corrected chi connectivity index (χ3v) is 4.32. The first-order valence-electron chi connectivity index (χ1n) is 9.36. The molecule has 0 saturated heterocycles. The van der Waals surface area contributed by atoms with E-state index in [2.05, 4.69) is 0 Å². The van der Waals surface area contributed by atoms with Crippen LogP contribution in [0, 0.1) is 0 Å². The summed E-state index contributed by atoms with van der Waals surface area (Å²) in [5.74, 6) is 0.353. The molecule has 1 unspecified atom stereocenters. The lowest BCUT2D eigenvalue weighted by Gasteiger charge is -2.21. The molecule has 3 rings (SSSR count). The van der Waals surface area contributed by atoms with Gasteiger partial charge in [0.25, 0.3) is 5.91 Å². The fourth-order valence-electron chi connectivity index (χ4n) is 2.84. The average molecular weight is 389 g/mol. The first kappa shape index (κ1) is 20.1. The van der Waals surface area contributed by atoms with Gasteiger partial charge in [-0.05, 0) is 42.8 Å². The van der Waals surface area contributed by atoms with Crippen molar-refractivity contribution < 1.29 is 19.1 Å². The van der Waals surface area contributed by atoms with Crippen LogP contribution in [-0.4, -0.2) is 29.9 Å². The molecule has 148 valence electrons. The van der Waals surface area contributed by atoms with E-state index in [0.717, 1.165) is 5.56 Å². The van der Waals surface area contributed by atoms with Crippen LogP contribution in [0.15, 0.2) is 84.9 Å². The zero-order chi connectivity index (χ0) is 20.6. The van der Waals surface area contributed by atoms with Crippen LogP contribution in [-0.2, 0) is 16.1 Å². The van der Waals surface area contributed by atoms with Gasteiger partial charge in [0, 0.05) is 13.6 Å². The molecule has 1 atom stereocenters. The molecule has 0 aromatic heterocycles. The van der Waals surface area contributed by atoms with Gasteiger partial charge in [0.05, 0.1) is 5.56 Å². The Morgan fingerprint density at radius 1 is 0.862 bits per heavy atom. The van der Waals surface area contributed by atoms with Crippen molar-refractivity contribution in [3.63, 3.8) is 0 Å². The average Bonchev–Trinajstić information content (AvgIpc) is 2.74. The van der Waals surface area contributed by atoms with Crippen LogP contribution in [0.2, 0.25) is 0 Å². The van der Waals surface area contributed by atoms with Gasteiger partial charge in [-0.2, -0.15) is 0 Å². The first-order valence-corrected chi connectivity index (χ1v) is 9.36. The second-order valence-electron chi connectivity index (χ2n) is 6.67. The zero-order valence-electron chi connectivity index (χ0n) is 16.4. The number of esters is 1. The Labute approximate surface area is 170 Å². The minimum absolute atomic E-state index is 0.265. The quantitative estimate of drug-likeness (QED) is 0.551. The van der Waals surface area contributed by atoms with Gasteiger partial charge in [-0.3, -0.25) is 4.79 Å². The molecule has 0 heterocycles. The molecule has 3 aromatic carbocycles. The largest absolute Gasteiger partial charge is 0.457 e. The maximum atomic E-state index is 12.5. The minimum Gasteiger partial charge on any atom is -0.457 e. The molecule has 0 radical (unpaired) electrons. The Morgan fingerprint density at radius 3 is 2.17 bits per heavy atom. The Hall–Kier alpha value is -3.60. The van der Waals surface area contributed by atoms with Crippen molar-refractivity contribution in [1.29, 1.82) is 0 Å². The van der Waals surface area contributed by atoms with Crippen molar-refractivity contribution in [2.45, 2.75) is 19.6 Å². The summed E-state index contributed by atoms with van der Waals surface area (Å²) in [5.41, 5.74) is 1.33. The SMILES string of the molecule is CC(OC(=O)c1cccc(Oc2ccccc2)c1)C(=O)N(C)Cc1ccccc1. The lowest BCUT2D eigenvalue weighted by atomic mass is 10.2. The predicted octanol–water partition coefficient (Wildman–Crippen LogP) is 4.68. The van der Waals surface area contributed by atoms with E-state index in [1.807, 2.05) is 60.7 Å². The number of nitrogens with zero attached hydrogens (tertiary/aromatic N) is 1. The number of carbonyl (C=O) groups is 2. The molecule has 0 fully saturated rings. The van der Waals surface area contributed by atoms with Crippen LogP contribution in [0.5, 0.6) is 11.5 Å². The number of carbonyl (C=O) groups excluding carboxylic acids is 2. The van der Waals surface area contributed by atoms with Gasteiger partial charge in [0.1, 0.15) is 11.5 Å². The van der Waals surface area contributed by atoms with E-state index in [1.165, 1.54) is 0 Å². The van der Waals surface area contributed by atoms with E-state index in [9.17, 15) is 9.59 Å². The normalized spacial score (nSPS) is 11.4. The van der Waals surface area contributed by atoms with Crippen molar-refractivity contribution in [3.8, 4) is 11.5 Å². The van der Waals surface area contributed by atoms with E-state index < -0.39 is 12.1 Å². The highest BCUT2D eigenvalue weighted by Gasteiger charge is 2.22. The predicted molar refractivity (Wildman–Crippen MR) is 111 cm³/mol. The number of likely N-dealkylation sites (N-methyl/N-ethyl adjacent to an activating group) is 1. The number of hydrogen-bond acceptors (Lipinski definition) is 4. The highest BCUT2D eigenvalue weighted by atomic mass is 16.5. The van der Waals surface area contributed by atoms with Crippen molar-refractivity contribution in [1.82, 2.24) is 4.90 Å². The van der Waals surface area contributed by atoms with Crippen LogP contribution >= 0.6 is 0 Å². The van der Waals surface area contributed by atoms with Gasteiger partial charge >= 0.3 is 5.97 Å². The molecule has 0 aliphatic carbocycles. The molecule has 0 aliphatic heterocycles. The number of para-hydroxylation sites is 1. The highest BCUT2D eigenvalue weighted by Crippen LogP contribution is 2.22. The molecule has 0 bridgehead atoms. The van der Waals surface area contributed by atoms with Crippen LogP contribution in [0.1, 0.15) is 22.8 Å². The smallest absolute Gasteiger partial charge is 0.339 e. The van der Waals surface area contributed by atoms with Crippen LogP contribution < -0.4 is 4.74 Å². The number of amides is 1. The van der Waals surface area contributed by atoms with Crippen LogP contribution in [0.25, 0.3) is 0 Å². The standard InChI is InChI=1S/C24H23NO4/c1-18(23(26)25(2)17-19-10-5-3-6-11-19)28-24(27)20-12-9-15-22(16-20)29-21-13-7-4-8-14-21/h3-16,18H,17H2,1-2H3. The van der Waals surface area contributed by atoms with Crippen molar-refractivity contribution in [2.24, 2.45) is 0 Å².